The van der Waals surface area contributed by atoms with Crippen LogP contribution >= 0.6 is 23.8 Å². The number of carbonyl (C=O) groups excluding carboxylic acids is 1. The van der Waals surface area contributed by atoms with Gasteiger partial charge < -0.3 is 14.8 Å². The Balaban J connectivity index is 1.89. The molecule has 0 spiro atoms. The number of hydrogen-bond acceptors (Lipinski definition) is 8. The number of ether oxygens (including phenoxy) is 2. The Morgan fingerprint density at radius 2 is 1.97 bits per heavy atom. The SMILES string of the molecule is C=C/C=C(\C=C/CCl)Cn1c(Nc2ccc(Oc3cncc(C(=O)OC)c3)cc2)nc(=S)n(CC)c1=O. The second kappa shape index (κ2) is 13.3. The van der Waals surface area contributed by atoms with Gasteiger partial charge in [-0.3, -0.25) is 14.1 Å². The van der Waals surface area contributed by atoms with Gasteiger partial charge in [0.15, 0.2) is 0 Å². The lowest BCUT2D eigenvalue weighted by molar-refractivity contribution is 0.0600. The van der Waals surface area contributed by atoms with Gasteiger partial charge in [-0.15, -0.1) is 11.6 Å². The van der Waals surface area contributed by atoms with Crippen molar-refractivity contribution in [3.63, 3.8) is 0 Å². The van der Waals surface area contributed by atoms with Crippen LogP contribution in [0.5, 0.6) is 11.5 Å². The number of nitrogens with zero attached hydrogens (tertiary/aromatic N) is 4. The smallest absolute Gasteiger partial charge is 0.339 e. The molecule has 0 atom stereocenters. The molecule has 0 amide bonds. The van der Waals surface area contributed by atoms with Crippen LogP contribution in [0.1, 0.15) is 17.3 Å². The van der Waals surface area contributed by atoms with Crippen LogP contribution in [0.4, 0.5) is 11.6 Å². The summed E-state index contributed by atoms with van der Waals surface area (Å²) in [6.45, 7) is 6.20. The van der Waals surface area contributed by atoms with Crippen molar-refractivity contribution in [3.8, 4) is 11.5 Å². The second-order valence-electron chi connectivity index (χ2n) is 7.52. The molecule has 0 aliphatic carbocycles. The maximum absolute atomic E-state index is 13.2. The van der Waals surface area contributed by atoms with E-state index >= 15 is 0 Å². The summed E-state index contributed by atoms with van der Waals surface area (Å²) in [5, 5.41) is 3.17. The van der Waals surface area contributed by atoms with E-state index in [0.29, 0.717) is 29.6 Å². The number of carbonyl (C=O) groups is 1. The number of allylic oxidation sites excluding steroid dienone is 5. The molecular formula is C26H26ClN5O4S. The number of rotatable bonds is 11. The lowest BCUT2D eigenvalue weighted by Crippen LogP contribution is -2.34. The Kier molecular flexibility index (Phi) is 9.93. The van der Waals surface area contributed by atoms with E-state index in [2.05, 4.69) is 21.9 Å². The quantitative estimate of drug-likeness (QED) is 0.149. The molecule has 0 aliphatic rings. The highest BCUT2D eigenvalue weighted by Gasteiger charge is 2.13. The summed E-state index contributed by atoms with van der Waals surface area (Å²) in [4.78, 5) is 33.4. The largest absolute Gasteiger partial charge is 0.465 e. The van der Waals surface area contributed by atoms with E-state index in [4.69, 9.17) is 33.3 Å². The summed E-state index contributed by atoms with van der Waals surface area (Å²) >= 11 is 11.1. The molecule has 0 saturated carbocycles. The van der Waals surface area contributed by atoms with Crippen LogP contribution in [0.3, 0.4) is 0 Å². The molecule has 0 aliphatic heterocycles. The normalized spacial score (nSPS) is 11.4. The van der Waals surface area contributed by atoms with Gasteiger partial charge in [0.25, 0.3) is 0 Å². The first kappa shape index (κ1) is 27.6. The Labute approximate surface area is 224 Å². The number of esters is 1. The van der Waals surface area contributed by atoms with Crippen LogP contribution in [0.2, 0.25) is 0 Å². The summed E-state index contributed by atoms with van der Waals surface area (Å²) in [7, 11) is 1.30. The molecule has 0 bridgehead atoms. The van der Waals surface area contributed by atoms with Crippen LogP contribution in [-0.2, 0) is 17.8 Å². The highest BCUT2D eigenvalue weighted by Crippen LogP contribution is 2.24. The number of nitrogens with one attached hydrogen (secondary N) is 1. The van der Waals surface area contributed by atoms with Crippen LogP contribution in [-0.4, -0.2) is 38.1 Å². The molecule has 0 fully saturated rings. The van der Waals surface area contributed by atoms with Crippen molar-refractivity contribution in [1.82, 2.24) is 19.1 Å². The molecule has 37 heavy (non-hydrogen) atoms. The predicted octanol–water partition coefficient (Wildman–Crippen LogP) is 5.42. The Bertz CT molecular complexity index is 1440. The van der Waals surface area contributed by atoms with Crippen molar-refractivity contribution in [2.75, 3.05) is 18.3 Å². The molecular weight excluding hydrogens is 514 g/mol. The van der Waals surface area contributed by atoms with Gasteiger partial charge in [0.1, 0.15) is 11.5 Å². The molecule has 192 valence electrons. The van der Waals surface area contributed by atoms with Crippen molar-refractivity contribution in [2.24, 2.45) is 0 Å². The number of alkyl halides is 1. The van der Waals surface area contributed by atoms with Crippen molar-refractivity contribution in [2.45, 2.75) is 20.0 Å². The third-order valence-electron chi connectivity index (χ3n) is 5.04. The summed E-state index contributed by atoms with van der Waals surface area (Å²) < 4.78 is 13.6. The highest BCUT2D eigenvalue weighted by atomic mass is 35.5. The first-order valence-corrected chi connectivity index (χ1v) is 12.2. The second-order valence-corrected chi connectivity index (χ2v) is 8.19. The number of hydrogen-bond donors (Lipinski definition) is 1. The van der Waals surface area contributed by atoms with Gasteiger partial charge in [-0.2, -0.15) is 4.98 Å². The molecule has 11 heteroatoms. The lowest BCUT2D eigenvalue weighted by Gasteiger charge is -2.16. The fraction of sp³-hybridized carbons (Fsp3) is 0.192. The van der Waals surface area contributed by atoms with Crippen LogP contribution in [0.15, 0.2) is 84.0 Å². The molecule has 3 rings (SSSR count). The minimum atomic E-state index is -0.506. The van der Waals surface area contributed by atoms with E-state index in [9.17, 15) is 9.59 Å². The topological polar surface area (TPSA) is 100 Å². The third-order valence-corrected chi connectivity index (χ3v) is 5.53. The Morgan fingerprint density at radius 1 is 1.22 bits per heavy atom. The maximum atomic E-state index is 13.2. The van der Waals surface area contributed by atoms with E-state index in [-0.39, 0.29) is 28.5 Å². The number of halogens is 1. The van der Waals surface area contributed by atoms with Gasteiger partial charge in [-0.25, -0.2) is 9.59 Å². The first-order chi connectivity index (χ1) is 17.9. The van der Waals surface area contributed by atoms with Gasteiger partial charge >= 0.3 is 11.7 Å². The molecule has 1 aromatic carbocycles. The molecule has 0 radical (unpaired) electrons. The van der Waals surface area contributed by atoms with Crippen LogP contribution < -0.4 is 15.7 Å². The Morgan fingerprint density at radius 3 is 2.62 bits per heavy atom. The highest BCUT2D eigenvalue weighted by molar-refractivity contribution is 7.71. The van der Waals surface area contributed by atoms with Crippen molar-refractivity contribution >= 4 is 41.4 Å². The monoisotopic (exact) mass is 539 g/mol. The van der Waals surface area contributed by atoms with Gasteiger partial charge in [0.05, 0.1) is 25.4 Å². The van der Waals surface area contributed by atoms with E-state index in [1.165, 1.54) is 28.6 Å². The fourth-order valence-corrected chi connectivity index (χ4v) is 3.69. The maximum Gasteiger partial charge on any atom is 0.339 e. The number of pyridine rings is 1. The summed E-state index contributed by atoms with van der Waals surface area (Å²) in [5.41, 5.74) is 1.45. The molecule has 0 unspecified atom stereocenters. The zero-order chi connectivity index (χ0) is 26.8. The van der Waals surface area contributed by atoms with Crippen molar-refractivity contribution in [1.29, 1.82) is 0 Å². The molecule has 3 aromatic rings. The summed E-state index contributed by atoms with van der Waals surface area (Å²) in [6.07, 6.45) is 9.95. The summed E-state index contributed by atoms with van der Waals surface area (Å²) in [5.74, 6) is 1.02. The molecule has 2 heterocycles. The van der Waals surface area contributed by atoms with Crippen molar-refractivity contribution < 1.29 is 14.3 Å². The molecule has 2 aromatic heterocycles. The van der Waals surface area contributed by atoms with E-state index < -0.39 is 5.97 Å². The molecule has 0 saturated heterocycles. The Hall–Kier alpha value is -4.02. The molecule has 9 nitrogen and oxygen atoms in total. The van der Waals surface area contributed by atoms with Gasteiger partial charge in [-0.05, 0) is 55.0 Å². The average molecular weight is 540 g/mol. The minimum Gasteiger partial charge on any atom is -0.465 e. The van der Waals surface area contributed by atoms with Gasteiger partial charge in [0, 0.05) is 24.3 Å². The van der Waals surface area contributed by atoms with Crippen molar-refractivity contribution in [3.05, 3.63) is 100 Å². The average Bonchev–Trinajstić information content (AvgIpc) is 2.90. The lowest BCUT2D eigenvalue weighted by atomic mass is 10.2. The number of benzene rings is 1. The van der Waals surface area contributed by atoms with Crippen LogP contribution in [0, 0.1) is 4.77 Å². The van der Waals surface area contributed by atoms with E-state index in [0.717, 1.165) is 5.57 Å². The third kappa shape index (κ3) is 7.25. The van der Waals surface area contributed by atoms with Crippen LogP contribution in [0.25, 0.3) is 0 Å². The van der Waals surface area contributed by atoms with Gasteiger partial charge in [-0.1, -0.05) is 30.9 Å². The summed E-state index contributed by atoms with van der Waals surface area (Å²) in [6, 6.07) is 8.53. The zero-order valence-electron chi connectivity index (χ0n) is 20.4. The van der Waals surface area contributed by atoms with E-state index in [1.807, 2.05) is 13.0 Å². The standard InChI is InChI=1S/C26H26ClN5O4S/c1-4-7-18(8-6-13-27)17-32-24(30-25(37)31(5-2)26(32)34)29-20-9-11-21(12-10-20)36-22-14-19(15-28-16-22)23(33)35-3/h4,6-12,14-16H,1,5,13,17H2,2-3H3,(H,29,30,37)/b8-6-,18-7+. The number of aromatic nitrogens is 4. The van der Waals surface area contributed by atoms with Gasteiger partial charge in [0.2, 0.25) is 10.7 Å². The zero-order valence-corrected chi connectivity index (χ0v) is 22.0. The molecule has 1 N–H and O–H groups in total. The number of methoxy groups -OCH3 is 1. The predicted molar refractivity (Wildman–Crippen MR) is 147 cm³/mol. The number of anilines is 2. The first-order valence-electron chi connectivity index (χ1n) is 11.2. The fourth-order valence-electron chi connectivity index (χ4n) is 3.30. The van der Waals surface area contributed by atoms with E-state index in [1.54, 1.807) is 48.6 Å². The minimum absolute atomic E-state index is 0.176.